The molecular weight excluding hydrogens is 508 g/mol. The first-order chi connectivity index (χ1) is 19.9. The van der Waals surface area contributed by atoms with Crippen LogP contribution in [0.5, 0.6) is 0 Å². The molecule has 0 spiro atoms. The molecule has 3 aromatic carbocycles. The summed E-state index contributed by atoms with van der Waals surface area (Å²) in [5, 5.41) is 8.68. The van der Waals surface area contributed by atoms with Gasteiger partial charge in [-0.3, -0.25) is 0 Å². The molecule has 4 unspecified atom stereocenters. The van der Waals surface area contributed by atoms with Crippen LogP contribution < -0.4 is 0 Å². The summed E-state index contributed by atoms with van der Waals surface area (Å²) >= 11 is 0. The molecule has 3 aromatic rings. The molecule has 0 bridgehead atoms. The summed E-state index contributed by atoms with van der Waals surface area (Å²) in [4.78, 5) is 0. The maximum Gasteiger partial charge on any atom is 0.104 e. The van der Waals surface area contributed by atoms with Crippen LogP contribution in [0.4, 0.5) is 0 Å². The Morgan fingerprint density at radius 2 is 1.34 bits per heavy atom. The molecule has 1 saturated heterocycles. The van der Waals surface area contributed by atoms with Gasteiger partial charge in [0.05, 0.1) is 39.6 Å². The SMILES string of the molecule is CCC(C)(COCCO)c1ccccc1.CCC(C)c1ccc(COCC2CO2)cc1.CCC(C)c1ccccc1. The summed E-state index contributed by atoms with van der Waals surface area (Å²) in [5.74, 6) is 1.36. The molecule has 4 nitrogen and oxygen atoms in total. The zero-order chi connectivity index (χ0) is 29.9. The summed E-state index contributed by atoms with van der Waals surface area (Å²) in [6, 6.07) is 29.8. The van der Waals surface area contributed by atoms with Crippen LogP contribution in [0.2, 0.25) is 0 Å². The number of benzene rings is 3. The van der Waals surface area contributed by atoms with E-state index in [-0.39, 0.29) is 12.0 Å². The largest absolute Gasteiger partial charge is 0.394 e. The molecule has 1 N–H and O–H groups in total. The van der Waals surface area contributed by atoms with Gasteiger partial charge in [-0.2, -0.15) is 0 Å². The van der Waals surface area contributed by atoms with Crippen molar-refractivity contribution in [1.29, 1.82) is 0 Å². The lowest BCUT2D eigenvalue weighted by molar-refractivity contribution is 0.0583. The number of aliphatic hydroxyl groups excluding tert-OH is 1. The normalized spacial score (nSPS) is 16.7. The molecule has 0 aliphatic carbocycles. The van der Waals surface area contributed by atoms with Gasteiger partial charge in [-0.05, 0) is 53.4 Å². The van der Waals surface area contributed by atoms with Crippen molar-refractivity contribution in [3.05, 3.63) is 107 Å². The van der Waals surface area contributed by atoms with Gasteiger partial charge >= 0.3 is 0 Å². The van der Waals surface area contributed by atoms with Crippen molar-refractivity contribution in [2.75, 3.05) is 33.0 Å². The van der Waals surface area contributed by atoms with E-state index < -0.39 is 0 Å². The summed E-state index contributed by atoms with van der Waals surface area (Å²) in [7, 11) is 0. The minimum Gasteiger partial charge on any atom is -0.394 e. The lowest BCUT2D eigenvalue weighted by Gasteiger charge is -2.28. The lowest BCUT2D eigenvalue weighted by Crippen LogP contribution is -2.28. The predicted octanol–water partition coefficient (Wildman–Crippen LogP) is 8.68. The number of hydrogen-bond acceptors (Lipinski definition) is 4. The molecule has 226 valence electrons. The molecule has 4 rings (SSSR count). The van der Waals surface area contributed by atoms with Gasteiger partial charge in [0.2, 0.25) is 0 Å². The molecule has 0 aromatic heterocycles. The molecule has 1 fully saturated rings. The van der Waals surface area contributed by atoms with Crippen LogP contribution in [0.15, 0.2) is 84.9 Å². The van der Waals surface area contributed by atoms with Gasteiger partial charge in [-0.1, -0.05) is 126 Å². The zero-order valence-electron chi connectivity index (χ0n) is 26.4. The van der Waals surface area contributed by atoms with Crippen LogP contribution >= 0.6 is 0 Å². The van der Waals surface area contributed by atoms with Gasteiger partial charge < -0.3 is 19.3 Å². The Kier molecular flexibility index (Phi) is 16.6. The van der Waals surface area contributed by atoms with Crippen molar-refractivity contribution >= 4 is 0 Å². The minimum absolute atomic E-state index is 0.0520. The number of epoxide rings is 1. The van der Waals surface area contributed by atoms with E-state index in [9.17, 15) is 0 Å². The molecule has 1 aliphatic heterocycles. The van der Waals surface area contributed by atoms with E-state index in [1.54, 1.807) is 0 Å². The van der Waals surface area contributed by atoms with Crippen LogP contribution in [0.3, 0.4) is 0 Å². The maximum atomic E-state index is 8.68. The molecule has 0 amide bonds. The third-order valence-electron chi connectivity index (χ3n) is 8.02. The number of hydrogen-bond donors (Lipinski definition) is 1. The van der Waals surface area contributed by atoms with Gasteiger partial charge in [0.15, 0.2) is 0 Å². The van der Waals surface area contributed by atoms with Gasteiger partial charge in [0.25, 0.3) is 0 Å². The molecule has 4 heteroatoms. The molecular formula is C37H54O4. The topological polar surface area (TPSA) is 51.2 Å². The Morgan fingerprint density at radius 3 is 1.83 bits per heavy atom. The summed E-state index contributed by atoms with van der Waals surface area (Å²) in [6.07, 6.45) is 3.81. The average molecular weight is 563 g/mol. The zero-order valence-corrected chi connectivity index (χ0v) is 26.4. The molecule has 1 heterocycles. The van der Waals surface area contributed by atoms with E-state index >= 15 is 0 Å². The van der Waals surface area contributed by atoms with Gasteiger partial charge in [-0.15, -0.1) is 0 Å². The lowest BCUT2D eigenvalue weighted by atomic mass is 9.81. The molecule has 4 atom stereocenters. The highest BCUT2D eigenvalue weighted by Gasteiger charge is 2.24. The van der Waals surface area contributed by atoms with E-state index in [0.717, 1.165) is 19.6 Å². The van der Waals surface area contributed by atoms with Crippen LogP contribution in [-0.2, 0) is 26.2 Å². The van der Waals surface area contributed by atoms with Crippen molar-refractivity contribution in [1.82, 2.24) is 0 Å². The van der Waals surface area contributed by atoms with E-state index in [0.29, 0.717) is 37.8 Å². The third-order valence-corrected chi connectivity index (χ3v) is 8.02. The van der Waals surface area contributed by atoms with E-state index in [4.69, 9.17) is 19.3 Å². The summed E-state index contributed by atoms with van der Waals surface area (Å²) in [6.45, 7) is 16.8. The Hall–Kier alpha value is -2.50. The monoisotopic (exact) mass is 562 g/mol. The number of rotatable bonds is 14. The first kappa shape index (κ1) is 34.7. The Labute approximate surface area is 250 Å². The van der Waals surface area contributed by atoms with Crippen molar-refractivity contribution in [2.45, 2.75) is 90.8 Å². The first-order valence-electron chi connectivity index (χ1n) is 15.4. The summed E-state index contributed by atoms with van der Waals surface area (Å²) < 4.78 is 16.1. The van der Waals surface area contributed by atoms with Crippen molar-refractivity contribution in [3.8, 4) is 0 Å². The average Bonchev–Trinajstić information content (AvgIpc) is 3.86. The van der Waals surface area contributed by atoms with Crippen molar-refractivity contribution in [2.24, 2.45) is 0 Å². The van der Waals surface area contributed by atoms with Gasteiger partial charge in [0, 0.05) is 5.41 Å². The van der Waals surface area contributed by atoms with Crippen LogP contribution in [0.25, 0.3) is 0 Å². The standard InChI is InChI=1S/C14H20O2.C13H20O2.C10H14/c1-3-11(2)13-6-4-12(5-7-13)8-15-9-14-10-16-14;1-3-13(2,11-15-10-9-14)12-7-5-4-6-8-12;1-3-9(2)10-7-5-4-6-8-10/h4-7,11,14H,3,8-10H2,1-2H3;4-8,14H,3,9-11H2,1-2H3;4-9H,3H2,1-2H3. The molecule has 41 heavy (non-hydrogen) atoms. The Morgan fingerprint density at radius 1 is 0.805 bits per heavy atom. The first-order valence-corrected chi connectivity index (χ1v) is 15.4. The van der Waals surface area contributed by atoms with E-state index in [2.05, 4.69) is 120 Å². The summed E-state index contributed by atoms with van der Waals surface area (Å²) in [5.41, 5.74) is 5.45. The highest BCUT2D eigenvalue weighted by atomic mass is 16.6. The fourth-order valence-electron chi connectivity index (χ4n) is 4.26. The van der Waals surface area contributed by atoms with Crippen LogP contribution in [0.1, 0.15) is 94.9 Å². The second-order valence-electron chi connectivity index (χ2n) is 11.3. The van der Waals surface area contributed by atoms with Crippen molar-refractivity contribution in [3.63, 3.8) is 0 Å². The highest BCUT2D eigenvalue weighted by molar-refractivity contribution is 5.25. The predicted molar refractivity (Wildman–Crippen MR) is 172 cm³/mol. The number of ether oxygens (including phenoxy) is 3. The molecule has 0 radical (unpaired) electrons. The van der Waals surface area contributed by atoms with E-state index in [1.165, 1.54) is 35.1 Å². The highest BCUT2D eigenvalue weighted by Crippen LogP contribution is 2.27. The fourth-order valence-corrected chi connectivity index (χ4v) is 4.26. The fraction of sp³-hybridized carbons (Fsp3) is 0.514. The van der Waals surface area contributed by atoms with E-state index in [1.807, 2.05) is 6.07 Å². The molecule has 0 saturated carbocycles. The maximum absolute atomic E-state index is 8.68. The second kappa shape index (κ2) is 19.6. The van der Waals surface area contributed by atoms with Gasteiger partial charge in [0.1, 0.15) is 6.10 Å². The van der Waals surface area contributed by atoms with Crippen LogP contribution in [-0.4, -0.2) is 44.2 Å². The Bertz CT molecular complexity index is 1030. The molecule has 1 aliphatic rings. The number of aliphatic hydroxyl groups is 1. The van der Waals surface area contributed by atoms with Gasteiger partial charge in [-0.25, -0.2) is 0 Å². The quantitative estimate of drug-likeness (QED) is 0.158. The Balaban J connectivity index is 0.000000221. The third kappa shape index (κ3) is 13.3. The second-order valence-corrected chi connectivity index (χ2v) is 11.3. The smallest absolute Gasteiger partial charge is 0.104 e. The van der Waals surface area contributed by atoms with Crippen LogP contribution in [0, 0.1) is 0 Å². The van der Waals surface area contributed by atoms with Crippen molar-refractivity contribution < 1.29 is 19.3 Å². The minimum atomic E-state index is 0.0520.